The number of alkyl halides is 8. The van der Waals surface area contributed by atoms with Crippen LogP contribution in [0.2, 0.25) is 0 Å². The van der Waals surface area contributed by atoms with Crippen LogP contribution in [0, 0.1) is 6.92 Å². The minimum Gasteiger partial charge on any atom is -0.445 e. The molecule has 0 radical (unpaired) electrons. The third kappa shape index (κ3) is 9.50. The summed E-state index contributed by atoms with van der Waals surface area (Å²) >= 11 is 17.2. The van der Waals surface area contributed by atoms with Crippen molar-refractivity contribution < 1.29 is 41.0 Å². The topological polar surface area (TPSA) is 83.5 Å². The van der Waals surface area contributed by atoms with E-state index in [1.54, 1.807) is 13.0 Å². The number of carbonyl (C=O) groups excluding carboxylic acids is 2. The van der Waals surface area contributed by atoms with Gasteiger partial charge >= 0.3 is 18.9 Å². The summed E-state index contributed by atoms with van der Waals surface area (Å²) in [5, 5.41) is 8.39. The van der Waals surface area contributed by atoms with Gasteiger partial charge in [-0.25, -0.2) is 4.79 Å². The van der Waals surface area contributed by atoms with Gasteiger partial charge in [-0.15, -0.1) is 0 Å². The van der Waals surface area contributed by atoms with Gasteiger partial charge in [0, 0.05) is 17.8 Å². The summed E-state index contributed by atoms with van der Waals surface area (Å²) in [7, 11) is 0. The van der Waals surface area contributed by atoms with E-state index < -0.39 is 46.8 Å². The van der Waals surface area contributed by atoms with Gasteiger partial charge in [0.05, 0.1) is 23.9 Å². The highest BCUT2D eigenvalue weighted by Gasteiger charge is 2.37. The molecule has 0 bridgehead atoms. The minimum absolute atomic E-state index is 0.0208. The summed E-state index contributed by atoms with van der Waals surface area (Å²) in [6.07, 6.45) is -4.84. The number of hydrazone groups is 1. The van der Waals surface area contributed by atoms with Crippen LogP contribution in [0.1, 0.15) is 30.0 Å². The average Bonchev–Trinajstić information content (AvgIpc) is 3.29. The first kappa shape index (κ1) is 33.5. The van der Waals surface area contributed by atoms with Crippen molar-refractivity contribution in [2.45, 2.75) is 42.9 Å². The Morgan fingerprint density at radius 1 is 1.14 bits per heavy atom. The van der Waals surface area contributed by atoms with Crippen LogP contribution in [-0.4, -0.2) is 70.3 Å². The summed E-state index contributed by atoms with van der Waals surface area (Å²) in [5.74, 6) is -0.639. The van der Waals surface area contributed by atoms with Crippen LogP contribution >= 0.6 is 34.8 Å². The second-order valence-electron chi connectivity index (χ2n) is 9.19. The molecule has 2 aromatic carbocycles. The largest absolute Gasteiger partial charge is 0.445 e. The number of rotatable bonds is 10. The van der Waals surface area contributed by atoms with Crippen LogP contribution in [0.15, 0.2) is 47.6 Å². The van der Waals surface area contributed by atoms with Gasteiger partial charge in [-0.3, -0.25) is 14.7 Å². The highest BCUT2D eigenvalue weighted by atomic mass is 35.6. The van der Waals surface area contributed by atoms with Gasteiger partial charge in [0.15, 0.2) is 0 Å². The fourth-order valence-corrected chi connectivity index (χ4v) is 4.29. The number of halogens is 8. The molecular formula is C26H26Cl3F5N4O4. The summed E-state index contributed by atoms with van der Waals surface area (Å²) in [6, 6.07) is 7.52. The quantitative estimate of drug-likeness (QED) is 0.223. The number of anilines is 1. The average molecular weight is 660 g/mol. The molecule has 3 rings (SSSR count). The van der Waals surface area contributed by atoms with E-state index in [1.165, 1.54) is 22.0 Å². The molecule has 16 heteroatoms. The summed E-state index contributed by atoms with van der Waals surface area (Å²) < 4.78 is 71.9. The molecule has 0 saturated heterocycles. The molecule has 1 atom stereocenters. The fraction of sp³-hybridized carbons (Fsp3) is 0.423. The van der Waals surface area contributed by atoms with Crippen molar-refractivity contribution in [2.24, 2.45) is 5.10 Å². The lowest BCUT2D eigenvalue weighted by molar-refractivity contribution is -0.137. The molecule has 42 heavy (non-hydrogen) atoms. The van der Waals surface area contributed by atoms with E-state index in [9.17, 15) is 31.5 Å². The molecule has 230 valence electrons. The molecule has 0 aliphatic carbocycles. The molecule has 8 nitrogen and oxygen atoms in total. The van der Waals surface area contributed by atoms with Crippen molar-refractivity contribution in [1.29, 1.82) is 0 Å². The predicted octanol–water partition coefficient (Wildman–Crippen LogP) is 6.86. The van der Waals surface area contributed by atoms with Crippen molar-refractivity contribution in [3.8, 4) is 5.75 Å². The molecule has 0 aromatic heterocycles. The van der Waals surface area contributed by atoms with Crippen LogP contribution in [-0.2, 0) is 15.7 Å². The first-order valence-corrected chi connectivity index (χ1v) is 13.6. The first-order valence-electron chi connectivity index (χ1n) is 12.4. The van der Waals surface area contributed by atoms with Crippen molar-refractivity contribution in [1.82, 2.24) is 9.91 Å². The van der Waals surface area contributed by atoms with E-state index in [0.717, 1.165) is 24.3 Å². The van der Waals surface area contributed by atoms with Crippen LogP contribution in [0.5, 0.6) is 5.75 Å². The first-order chi connectivity index (χ1) is 19.6. The molecule has 2 aromatic rings. The monoisotopic (exact) mass is 658 g/mol. The lowest BCUT2D eigenvalue weighted by Crippen LogP contribution is -2.48. The molecule has 0 fully saturated rings. The number of nitrogens with one attached hydrogen (secondary N) is 1. The van der Waals surface area contributed by atoms with Crippen LogP contribution < -0.4 is 10.1 Å². The Hall–Kier alpha value is -3.03. The molecule has 0 spiro atoms. The molecule has 1 unspecified atom stereocenters. The second-order valence-corrected chi connectivity index (χ2v) is 11.7. The van der Waals surface area contributed by atoms with E-state index in [2.05, 4.69) is 15.2 Å². The lowest BCUT2D eigenvalue weighted by Gasteiger charge is -2.29. The van der Waals surface area contributed by atoms with Gasteiger partial charge < -0.3 is 14.8 Å². The number of hydrogen-bond donors (Lipinski definition) is 1. The highest BCUT2D eigenvalue weighted by Crippen LogP contribution is 2.30. The second kappa shape index (κ2) is 14.0. The van der Waals surface area contributed by atoms with Gasteiger partial charge in [0.2, 0.25) is 9.70 Å². The van der Waals surface area contributed by atoms with Crippen LogP contribution in [0.4, 0.5) is 32.4 Å². The minimum atomic E-state index is -4.52. The molecule has 1 aliphatic rings. The van der Waals surface area contributed by atoms with Gasteiger partial charge in [-0.05, 0) is 61.4 Å². The summed E-state index contributed by atoms with van der Waals surface area (Å²) in [5.41, 5.74) is 0.424. The Labute approximate surface area is 253 Å². The SMILES string of the molecule is CCCN(C(=O)OCC(Cl)(Cl)Cl)C1CN(CC(=O)Nc2ccc(C(F)(F)F)cc2)N=C1c1ccc(OC(F)F)c(C)c1. The van der Waals surface area contributed by atoms with Crippen molar-refractivity contribution >= 4 is 58.2 Å². The Bertz CT molecular complexity index is 1290. The third-order valence-corrected chi connectivity index (χ3v) is 6.22. The molecular weight excluding hydrogens is 634 g/mol. The van der Waals surface area contributed by atoms with E-state index >= 15 is 0 Å². The molecule has 1 aliphatic heterocycles. The summed E-state index contributed by atoms with van der Waals surface area (Å²) in [6.45, 7) is -0.301. The standard InChI is InChI=1S/C26H26Cl3F5N4O4/c1-3-10-38(24(40)41-14-25(27,28)29)19-12-37(13-21(39)35-18-7-5-17(6-8-18)26(32,33)34)36-22(19)16-4-9-20(15(2)11-16)42-23(30)31/h4-9,11,19,23H,3,10,12-14H2,1-2H3,(H,35,39). The Balaban J connectivity index is 1.86. The van der Waals surface area contributed by atoms with Gasteiger partial charge in [-0.1, -0.05) is 41.7 Å². The smallest absolute Gasteiger partial charge is 0.416 e. The Kier molecular flexibility index (Phi) is 11.1. The molecule has 1 heterocycles. The van der Waals surface area contributed by atoms with Crippen molar-refractivity contribution in [2.75, 3.05) is 31.6 Å². The van der Waals surface area contributed by atoms with Crippen molar-refractivity contribution in [3.05, 3.63) is 59.2 Å². The zero-order valence-electron chi connectivity index (χ0n) is 22.2. The number of hydrogen-bond acceptors (Lipinski definition) is 6. The maximum atomic E-state index is 13.0. The number of aryl methyl sites for hydroxylation is 1. The van der Waals surface area contributed by atoms with E-state index in [0.29, 0.717) is 23.3 Å². The predicted molar refractivity (Wildman–Crippen MR) is 148 cm³/mol. The lowest BCUT2D eigenvalue weighted by atomic mass is 10.0. The summed E-state index contributed by atoms with van der Waals surface area (Å²) in [4.78, 5) is 27.2. The molecule has 0 saturated carbocycles. The van der Waals surface area contributed by atoms with Crippen molar-refractivity contribution in [3.63, 3.8) is 0 Å². The molecule has 2 amide bonds. The maximum absolute atomic E-state index is 13.0. The number of carbonyl (C=O) groups is 2. The third-order valence-electron chi connectivity index (χ3n) is 5.89. The van der Waals surface area contributed by atoms with E-state index in [1.807, 2.05) is 6.92 Å². The van der Waals surface area contributed by atoms with Crippen LogP contribution in [0.25, 0.3) is 0 Å². The molecule has 1 N–H and O–H groups in total. The Morgan fingerprint density at radius 3 is 2.36 bits per heavy atom. The van der Waals surface area contributed by atoms with Gasteiger partial charge in [0.25, 0.3) is 0 Å². The Morgan fingerprint density at radius 2 is 1.81 bits per heavy atom. The maximum Gasteiger partial charge on any atom is 0.416 e. The number of nitrogens with zero attached hydrogens (tertiary/aromatic N) is 3. The fourth-order valence-electron chi connectivity index (χ4n) is 4.13. The van der Waals surface area contributed by atoms with Crippen LogP contribution in [0.3, 0.4) is 0 Å². The van der Waals surface area contributed by atoms with Gasteiger partial charge in [0.1, 0.15) is 18.9 Å². The highest BCUT2D eigenvalue weighted by molar-refractivity contribution is 6.67. The van der Waals surface area contributed by atoms with E-state index in [-0.39, 0.29) is 31.1 Å². The van der Waals surface area contributed by atoms with Gasteiger partial charge in [-0.2, -0.15) is 27.1 Å². The van der Waals surface area contributed by atoms with E-state index in [4.69, 9.17) is 39.5 Å². The zero-order valence-corrected chi connectivity index (χ0v) is 24.5. The number of benzene rings is 2. The number of ether oxygens (including phenoxy) is 2. The number of amides is 2. The normalized spacial score (nSPS) is 15.5. The zero-order chi connectivity index (χ0) is 31.2.